The van der Waals surface area contributed by atoms with Gasteiger partial charge in [-0.15, -0.1) is 0 Å². The van der Waals surface area contributed by atoms with E-state index in [1.165, 1.54) is 0 Å². The molecular formula is C17H17NO4. The van der Waals surface area contributed by atoms with Crippen LogP contribution in [0.5, 0.6) is 11.5 Å². The topological polar surface area (TPSA) is 68.7 Å². The molecule has 114 valence electrons. The summed E-state index contributed by atoms with van der Waals surface area (Å²) in [5.41, 5.74) is 3.18. The zero-order chi connectivity index (χ0) is 16.1. The van der Waals surface area contributed by atoms with Crippen molar-refractivity contribution in [2.24, 2.45) is 0 Å². The normalized spacial score (nSPS) is 11.1. The predicted molar refractivity (Wildman–Crippen MR) is 84.1 cm³/mol. The molecule has 1 aromatic heterocycles. The molecular weight excluding hydrogens is 282 g/mol. The molecule has 2 rings (SSSR count). The third-order valence-corrected chi connectivity index (χ3v) is 3.25. The lowest BCUT2D eigenvalue weighted by molar-refractivity contribution is -0.131. The van der Waals surface area contributed by atoms with Crippen LogP contribution < -0.4 is 9.47 Å². The first-order valence-corrected chi connectivity index (χ1v) is 6.64. The van der Waals surface area contributed by atoms with Gasteiger partial charge in [-0.25, -0.2) is 4.79 Å². The van der Waals surface area contributed by atoms with Crippen molar-refractivity contribution in [1.29, 1.82) is 0 Å². The van der Waals surface area contributed by atoms with Crippen LogP contribution in [0.15, 0.2) is 42.7 Å². The van der Waals surface area contributed by atoms with Crippen LogP contribution >= 0.6 is 0 Å². The quantitative estimate of drug-likeness (QED) is 0.858. The van der Waals surface area contributed by atoms with Gasteiger partial charge in [0.25, 0.3) is 0 Å². The Bertz CT molecular complexity index is 722. The lowest BCUT2D eigenvalue weighted by Gasteiger charge is -2.10. The number of benzene rings is 1. The minimum atomic E-state index is -0.978. The lowest BCUT2D eigenvalue weighted by Crippen LogP contribution is -1.93. The third-order valence-electron chi connectivity index (χ3n) is 3.25. The molecule has 0 bridgehead atoms. The second-order valence-corrected chi connectivity index (χ2v) is 4.70. The fourth-order valence-corrected chi connectivity index (χ4v) is 2.10. The number of hydrogen-bond donors (Lipinski definition) is 1. The average molecular weight is 299 g/mol. The summed E-state index contributed by atoms with van der Waals surface area (Å²) in [7, 11) is 3.16. The molecule has 0 spiro atoms. The van der Waals surface area contributed by atoms with Gasteiger partial charge in [0.2, 0.25) is 0 Å². The molecule has 1 N–H and O–H groups in total. The van der Waals surface area contributed by atoms with E-state index in [0.717, 1.165) is 22.8 Å². The fraction of sp³-hybridized carbons (Fsp3) is 0.176. The van der Waals surface area contributed by atoms with E-state index in [0.29, 0.717) is 17.1 Å². The van der Waals surface area contributed by atoms with Crippen molar-refractivity contribution >= 4 is 11.5 Å². The van der Waals surface area contributed by atoms with E-state index < -0.39 is 5.97 Å². The van der Waals surface area contributed by atoms with Gasteiger partial charge >= 0.3 is 5.97 Å². The monoisotopic (exact) mass is 299 g/mol. The first-order valence-electron chi connectivity index (χ1n) is 6.64. The van der Waals surface area contributed by atoms with Crippen molar-refractivity contribution in [2.45, 2.75) is 6.92 Å². The maximum atomic E-state index is 10.8. The number of carboxylic acid groups (broad SMARTS) is 1. The Morgan fingerprint density at radius 2 is 1.82 bits per heavy atom. The van der Waals surface area contributed by atoms with Crippen LogP contribution in [0.3, 0.4) is 0 Å². The number of methoxy groups -OCH3 is 2. The van der Waals surface area contributed by atoms with Crippen molar-refractivity contribution in [3.63, 3.8) is 0 Å². The molecule has 22 heavy (non-hydrogen) atoms. The molecule has 5 nitrogen and oxygen atoms in total. The molecule has 0 saturated heterocycles. The third kappa shape index (κ3) is 3.44. The molecule has 0 saturated carbocycles. The Balaban J connectivity index is 2.44. The van der Waals surface area contributed by atoms with Gasteiger partial charge in [-0.2, -0.15) is 0 Å². The number of pyridine rings is 1. The van der Waals surface area contributed by atoms with Crippen LogP contribution in [-0.4, -0.2) is 30.3 Å². The molecule has 5 heteroatoms. The van der Waals surface area contributed by atoms with Gasteiger partial charge in [0, 0.05) is 24.0 Å². The number of aliphatic carboxylic acids is 1. The number of carboxylic acids is 1. The minimum Gasteiger partial charge on any atom is -0.493 e. The number of hydrogen-bond acceptors (Lipinski definition) is 4. The summed E-state index contributed by atoms with van der Waals surface area (Å²) in [6, 6.07) is 7.47. The van der Waals surface area contributed by atoms with Crippen molar-refractivity contribution in [2.75, 3.05) is 14.2 Å². The summed E-state index contributed by atoms with van der Waals surface area (Å²) < 4.78 is 10.5. The predicted octanol–water partition coefficient (Wildman–Crippen LogP) is 3.25. The minimum absolute atomic E-state index is 0.628. The molecule has 0 aliphatic rings. The van der Waals surface area contributed by atoms with Crippen LogP contribution in [0, 0.1) is 0 Å². The molecule has 0 amide bonds. The van der Waals surface area contributed by atoms with E-state index in [2.05, 4.69) is 4.98 Å². The van der Waals surface area contributed by atoms with Crippen LogP contribution in [0.25, 0.3) is 16.7 Å². The zero-order valence-corrected chi connectivity index (χ0v) is 12.7. The van der Waals surface area contributed by atoms with Crippen molar-refractivity contribution in [3.05, 3.63) is 48.3 Å². The van der Waals surface area contributed by atoms with Gasteiger partial charge < -0.3 is 14.6 Å². The number of nitrogens with zero attached hydrogens (tertiary/aromatic N) is 1. The van der Waals surface area contributed by atoms with E-state index in [4.69, 9.17) is 14.6 Å². The summed E-state index contributed by atoms with van der Waals surface area (Å²) in [5.74, 6) is 0.301. The van der Waals surface area contributed by atoms with Crippen LogP contribution in [0.4, 0.5) is 0 Å². The second kappa shape index (κ2) is 6.76. The van der Waals surface area contributed by atoms with E-state index in [-0.39, 0.29) is 0 Å². The maximum absolute atomic E-state index is 10.8. The highest BCUT2D eigenvalue weighted by Gasteiger charge is 2.08. The summed E-state index contributed by atoms with van der Waals surface area (Å²) in [6.45, 7) is 1.74. The number of carbonyl (C=O) groups is 1. The zero-order valence-electron chi connectivity index (χ0n) is 12.7. The van der Waals surface area contributed by atoms with E-state index in [9.17, 15) is 4.79 Å². The van der Waals surface area contributed by atoms with E-state index >= 15 is 0 Å². The molecule has 0 fully saturated rings. The highest BCUT2D eigenvalue weighted by atomic mass is 16.5. The first-order chi connectivity index (χ1) is 10.5. The summed E-state index contributed by atoms with van der Waals surface area (Å²) >= 11 is 0. The Kier molecular flexibility index (Phi) is 4.78. The summed E-state index contributed by atoms with van der Waals surface area (Å²) in [6.07, 6.45) is 4.52. The Morgan fingerprint density at radius 1 is 1.09 bits per heavy atom. The van der Waals surface area contributed by atoms with Gasteiger partial charge in [0.05, 0.1) is 14.2 Å². The average Bonchev–Trinajstić information content (AvgIpc) is 2.53. The van der Waals surface area contributed by atoms with E-state index in [1.807, 2.05) is 24.3 Å². The highest BCUT2D eigenvalue weighted by Crippen LogP contribution is 2.32. The number of aromatic nitrogens is 1. The van der Waals surface area contributed by atoms with Gasteiger partial charge in [-0.05, 0) is 41.8 Å². The molecule has 0 radical (unpaired) electrons. The molecule has 1 heterocycles. The fourth-order valence-electron chi connectivity index (χ4n) is 2.10. The lowest BCUT2D eigenvalue weighted by atomic mass is 10.0. The highest BCUT2D eigenvalue weighted by molar-refractivity contribution is 5.89. The number of ether oxygens (including phenoxy) is 2. The summed E-state index contributed by atoms with van der Waals surface area (Å²) in [4.78, 5) is 14.9. The Morgan fingerprint density at radius 3 is 2.45 bits per heavy atom. The molecule has 0 atom stereocenters. The molecule has 1 aromatic carbocycles. The smallest absolute Gasteiger partial charge is 0.328 e. The van der Waals surface area contributed by atoms with Crippen LogP contribution in [-0.2, 0) is 4.79 Å². The second-order valence-electron chi connectivity index (χ2n) is 4.70. The van der Waals surface area contributed by atoms with Crippen molar-refractivity contribution in [1.82, 2.24) is 4.98 Å². The van der Waals surface area contributed by atoms with Gasteiger partial charge in [0.1, 0.15) is 0 Å². The SMILES string of the molecule is COc1ccc(-c2cncc(/C(C)=C/C(=O)O)c2)cc1OC. The van der Waals surface area contributed by atoms with Gasteiger partial charge in [-0.1, -0.05) is 6.07 Å². The number of rotatable bonds is 5. The molecule has 0 unspecified atom stereocenters. The molecule has 0 aliphatic heterocycles. The molecule has 2 aromatic rings. The standard InChI is InChI=1S/C17H17NO4/c1-11(6-17(19)20)13-7-14(10-18-9-13)12-4-5-15(21-2)16(8-12)22-3/h4-10H,1-3H3,(H,19,20)/b11-6+. The van der Waals surface area contributed by atoms with Crippen molar-refractivity contribution in [3.8, 4) is 22.6 Å². The summed E-state index contributed by atoms with van der Waals surface area (Å²) in [5, 5.41) is 8.83. The van der Waals surface area contributed by atoms with E-state index in [1.54, 1.807) is 33.5 Å². The van der Waals surface area contributed by atoms with Crippen LogP contribution in [0.1, 0.15) is 12.5 Å². The van der Waals surface area contributed by atoms with Crippen molar-refractivity contribution < 1.29 is 19.4 Å². The maximum Gasteiger partial charge on any atom is 0.328 e. The Hall–Kier alpha value is -2.82. The van der Waals surface area contributed by atoms with Gasteiger partial charge in [-0.3, -0.25) is 4.98 Å². The van der Waals surface area contributed by atoms with Crippen LogP contribution in [0.2, 0.25) is 0 Å². The molecule has 0 aliphatic carbocycles. The van der Waals surface area contributed by atoms with Gasteiger partial charge in [0.15, 0.2) is 11.5 Å². The number of allylic oxidation sites excluding steroid dienone is 1. The first kappa shape index (κ1) is 15.6. The largest absolute Gasteiger partial charge is 0.493 e. The Labute approximate surface area is 128 Å².